The van der Waals surface area contributed by atoms with Crippen LogP contribution < -0.4 is 5.32 Å². The van der Waals surface area contributed by atoms with Crippen molar-refractivity contribution in [2.24, 2.45) is 0 Å². The van der Waals surface area contributed by atoms with E-state index >= 15 is 0 Å². The van der Waals surface area contributed by atoms with Gasteiger partial charge >= 0.3 is 0 Å². The van der Waals surface area contributed by atoms with Crippen molar-refractivity contribution in [2.75, 3.05) is 5.32 Å². The van der Waals surface area contributed by atoms with Gasteiger partial charge in [-0.15, -0.1) is 0 Å². The fourth-order valence-corrected chi connectivity index (χ4v) is 5.62. The summed E-state index contributed by atoms with van der Waals surface area (Å²) < 4.78 is 40.8. The topological polar surface area (TPSA) is 66.5 Å². The van der Waals surface area contributed by atoms with Crippen LogP contribution in [0.15, 0.2) is 53.4 Å². The van der Waals surface area contributed by atoms with Gasteiger partial charge in [0, 0.05) is 17.8 Å². The van der Waals surface area contributed by atoms with Crippen molar-refractivity contribution in [1.82, 2.24) is 4.31 Å². The van der Waals surface area contributed by atoms with E-state index in [0.717, 1.165) is 19.3 Å². The lowest BCUT2D eigenvalue weighted by Gasteiger charge is -2.37. The van der Waals surface area contributed by atoms with Gasteiger partial charge in [0.05, 0.1) is 11.3 Å². The SMILES string of the molecule is C[C@H]1CCC[C@H](C)N1S(=O)(=O)c1ccc(NC(=O)Cc2cccc(F)c2)cc1. The second-order valence-corrected chi connectivity index (χ2v) is 9.19. The Balaban J connectivity index is 1.69. The quantitative estimate of drug-likeness (QED) is 0.820. The lowest BCUT2D eigenvalue weighted by molar-refractivity contribution is -0.115. The molecular weight excluding hydrogens is 379 g/mol. The van der Waals surface area contributed by atoms with Crippen molar-refractivity contribution in [1.29, 1.82) is 0 Å². The first-order valence-electron chi connectivity index (χ1n) is 9.45. The monoisotopic (exact) mass is 404 g/mol. The molecule has 0 bridgehead atoms. The van der Waals surface area contributed by atoms with E-state index in [-0.39, 0.29) is 35.1 Å². The number of sulfonamides is 1. The number of anilines is 1. The van der Waals surface area contributed by atoms with Crippen molar-refractivity contribution in [3.8, 4) is 0 Å². The number of carbonyl (C=O) groups excluding carboxylic acids is 1. The minimum Gasteiger partial charge on any atom is -0.326 e. The molecule has 150 valence electrons. The summed E-state index contributed by atoms with van der Waals surface area (Å²) in [5.41, 5.74) is 1.07. The number of amides is 1. The molecule has 1 aliphatic rings. The first-order chi connectivity index (χ1) is 13.3. The van der Waals surface area contributed by atoms with Crippen molar-refractivity contribution in [2.45, 2.75) is 56.5 Å². The number of nitrogens with zero attached hydrogens (tertiary/aromatic N) is 1. The third-order valence-corrected chi connectivity index (χ3v) is 7.22. The summed E-state index contributed by atoms with van der Waals surface area (Å²) in [7, 11) is -3.58. The fraction of sp³-hybridized carbons (Fsp3) is 0.381. The number of rotatable bonds is 5. The van der Waals surface area contributed by atoms with Crippen LogP contribution in [0.5, 0.6) is 0 Å². The van der Waals surface area contributed by atoms with Crippen LogP contribution in [0.4, 0.5) is 10.1 Å². The second-order valence-electron chi connectivity index (χ2n) is 7.34. The number of carbonyl (C=O) groups is 1. The summed E-state index contributed by atoms with van der Waals surface area (Å²) in [6, 6.07) is 12.0. The van der Waals surface area contributed by atoms with Gasteiger partial charge in [-0.25, -0.2) is 12.8 Å². The van der Waals surface area contributed by atoms with E-state index in [9.17, 15) is 17.6 Å². The summed E-state index contributed by atoms with van der Waals surface area (Å²) in [6.45, 7) is 3.88. The minimum absolute atomic E-state index is 0.0283. The number of nitrogens with one attached hydrogen (secondary N) is 1. The average Bonchev–Trinajstić information content (AvgIpc) is 2.61. The van der Waals surface area contributed by atoms with Gasteiger partial charge in [0.2, 0.25) is 15.9 Å². The van der Waals surface area contributed by atoms with Gasteiger partial charge in [-0.1, -0.05) is 18.6 Å². The number of hydrogen-bond acceptors (Lipinski definition) is 3. The standard InChI is InChI=1S/C21H25FN2O3S/c1-15-5-3-6-16(2)24(15)28(26,27)20-11-9-19(10-12-20)23-21(25)14-17-7-4-8-18(22)13-17/h4,7-13,15-16H,3,5-6,14H2,1-2H3,(H,23,25)/t15-,16-/m0/s1. The first-order valence-corrected chi connectivity index (χ1v) is 10.9. The molecule has 1 fully saturated rings. The van der Waals surface area contributed by atoms with Gasteiger partial charge < -0.3 is 5.32 Å². The number of piperidine rings is 1. The van der Waals surface area contributed by atoms with Crippen LogP contribution in [0, 0.1) is 5.82 Å². The molecule has 0 radical (unpaired) electrons. The maximum Gasteiger partial charge on any atom is 0.243 e. The third-order valence-electron chi connectivity index (χ3n) is 5.08. The highest BCUT2D eigenvalue weighted by molar-refractivity contribution is 7.89. The molecule has 3 rings (SSSR count). The molecule has 1 aliphatic heterocycles. The van der Waals surface area contributed by atoms with Crippen molar-refractivity contribution < 1.29 is 17.6 Å². The Labute approximate surface area is 165 Å². The zero-order valence-electron chi connectivity index (χ0n) is 16.1. The van der Waals surface area contributed by atoms with E-state index in [2.05, 4.69) is 5.32 Å². The van der Waals surface area contributed by atoms with Crippen LogP contribution in [0.1, 0.15) is 38.7 Å². The molecule has 1 amide bonds. The van der Waals surface area contributed by atoms with Crippen molar-refractivity contribution in [3.63, 3.8) is 0 Å². The lowest BCUT2D eigenvalue weighted by Crippen LogP contribution is -2.47. The molecule has 0 unspecified atom stereocenters. The van der Waals surface area contributed by atoms with E-state index in [0.29, 0.717) is 11.3 Å². The van der Waals surface area contributed by atoms with Crippen molar-refractivity contribution >= 4 is 21.6 Å². The molecule has 5 nitrogen and oxygen atoms in total. The van der Waals surface area contributed by atoms with Crippen molar-refractivity contribution in [3.05, 3.63) is 59.9 Å². The van der Waals surface area contributed by atoms with Crippen LogP contribution in [0.2, 0.25) is 0 Å². The van der Waals surface area contributed by atoms with E-state index in [4.69, 9.17) is 0 Å². The summed E-state index contributed by atoms with van der Waals surface area (Å²) in [5, 5.41) is 2.72. The highest BCUT2D eigenvalue weighted by atomic mass is 32.2. The van der Waals surface area contributed by atoms with Crippen LogP contribution in [-0.2, 0) is 21.2 Å². The molecular formula is C21H25FN2O3S. The Bertz CT molecular complexity index is 934. The predicted molar refractivity (Wildman–Crippen MR) is 107 cm³/mol. The van der Waals surface area contributed by atoms with Gasteiger partial charge in [0.25, 0.3) is 0 Å². The number of halogens is 1. The maximum atomic E-state index is 13.2. The molecule has 2 aromatic rings. The molecule has 0 saturated carbocycles. The summed E-state index contributed by atoms with van der Waals surface area (Å²) in [5.74, 6) is -0.680. The Morgan fingerprint density at radius 2 is 1.75 bits per heavy atom. The van der Waals surface area contributed by atoms with Gasteiger partial charge in [0.15, 0.2) is 0 Å². The first kappa shape index (κ1) is 20.5. The van der Waals surface area contributed by atoms with Crippen LogP contribution >= 0.6 is 0 Å². The molecule has 1 saturated heterocycles. The van der Waals surface area contributed by atoms with E-state index < -0.39 is 10.0 Å². The molecule has 28 heavy (non-hydrogen) atoms. The highest BCUT2D eigenvalue weighted by Crippen LogP contribution is 2.29. The Morgan fingerprint density at radius 3 is 2.36 bits per heavy atom. The second kappa shape index (κ2) is 8.41. The van der Waals surface area contributed by atoms with E-state index in [1.54, 1.807) is 28.6 Å². The van der Waals surface area contributed by atoms with Crippen LogP contribution in [-0.4, -0.2) is 30.7 Å². The summed E-state index contributed by atoms with van der Waals surface area (Å²) in [4.78, 5) is 12.4. The normalized spacial score (nSPS) is 20.7. The third kappa shape index (κ3) is 4.59. The fourth-order valence-electron chi connectivity index (χ4n) is 3.74. The van der Waals surface area contributed by atoms with Crippen LogP contribution in [0.25, 0.3) is 0 Å². The summed E-state index contributed by atoms with van der Waals surface area (Å²) in [6.07, 6.45) is 2.79. The number of benzene rings is 2. The molecule has 1 heterocycles. The van der Waals surface area contributed by atoms with Crippen LogP contribution in [0.3, 0.4) is 0 Å². The van der Waals surface area contributed by atoms with E-state index in [1.165, 1.54) is 24.3 Å². The zero-order valence-corrected chi connectivity index (χ0v) is 16.9. The minimum atomic E-state index is -3.58. The Hall–Kier alpha value is -2.25. The smallest absolute Gasteiger partial charge is 0.243 e. The molecule has 2 atom stereocenters. The van der Waals surface area contributed by atoms with Gasteiger partial charge in [-0.3, -0.25) is 4.79 Å². The molecule has 1 N–H and O–H groups in total. The average molecular weight is 405 g/mol. The summed E-state index contributed by atoms with van der Waals surface area (Å²) >= 11 is 0. The molecule has 0 spiro atoms. The largest absolute Gasteiger partial charge is 0.326 e. The predicted octanol–water partition coefficient (Wildman–Crippen LogP) is 3.96. The van der Waals surface area contributed by atoms with Gasteiger partial charge in [0.1, 0.15) is 5.82 Å². The lowest BCUT2D eigenvalue weighted by atomic mass is 10.0. The highest BCUT2D eigenvalue weighted by Gasteiger charge is 2.35. The molecule has 2 aromatic carbocycles. The van der Waals surface area contributed by atoms with Gasteiger partial charge in [-0.05, 0) is 68.7 Å². The molecule has 0 aromatic heterocycles. The zero-order chi connectivity index (χ0) is 20.3. The Kier molecular flexibility index (Phi) is 6.15. The molecule has 7 heteroatoms. The van der Waals surface area contributed by atoms with E-state index in [1.807, 2.05) is 13.8 Å². The Morgan fingerprint density at radius 1 is 1.11 bits per heavy atom. The maximum absolute atomic E-state index is 13.2. The number of hydrogen-bond donors (Lipinski definition) is 1. The molecule has 0 aliphatic carbocycles. The van der Waals surface area contributed by atoms with Gasteiger partial charge in [-0.2, -0.15) is 4.31 Å².